The molecule has 2 amide bonds. The number of benzene rings is 1. The van der Waals surface area contributed by atoms with Crippen LogP contribution in [0, 0.1) is 11.8 Å². The number of rotatable bonds is 1. The molecule has 4 nitrogen and oxygen atoms in total. The molecule has 0 radical (unpaired) electrons. The third-order valence-electron chi connectivity index (χ3n) is 3.69. The number of para-hydroxylation sites is 2. The Kier molecular flexibility index (Phi) is 2.44. The summed E-state index contributed by atoms with van der Waals surface area (Å²) in [7, 11) is 0. The smallest absolute Gasteiger partial charge is 0.238 e. The van der Waals surface area contributed by atoms with E-state index in [2.05, 4.69) is 0 Å². The van der Waals surface area contributed by atoms with Crippen LogP contribution in [0.4, 0.5) is 11.4 Å². The van der Waals surface area contributed by atoms with E-state index in [1.807, 2.05) is 12.2 Å². The molecule has 1 aromatic rings. The standard InChI is InChI=1S/C14H14N2O2/c15-11-7-3-4-8-12(11)16-13(17)9-5-1-2-6-10(9)14(16)18/h1-4,7-10H,5-6,15H2/t9-,10-/m0/s1. The SMILES string of the molecule is Nc1ccccc1N1C(=O)[C@H]2CC=CC[C@@H]2C1=O. The monoisotopic (exact) mass is 242 g/mol. The predicted octanol–water partition coefficient (Wildman–Crippen LogP) is 1.72. The summed E-state index contributed by atoms with van der Waals surface area (Å²) in [4.78, 5) is 25.9. The first-order valence-electron chi connectivity index (χ1n) is 6.07. The van der Waals surface area contributed by atoms with Crippen LogP contribution in [0.5, 0.6) is 0 Å². The van der Waals surface area contributed by atoms with Gasteiger partial charge in [-0.1, -0.05) is 24.3 Å². The third kappa shape index (κ3) is 1.45. The van der Waals surface area contributed by atoms with Crippen LogP contribution < -0.4 is 10.6 Å². The summed E-state index contributed by atoms with van der Waals surface area (Å²) >= 11 is 0. The first-order chi connectivity index (χ1) is 8.70. The molecule has 18 heavy (non-hydrogen) atoms. The molecule has 3 rings (SSSR count). The lowest BCUT2D eigenvalue weighted by Crippen LogP contribution is -2.31. The van der Waals surface area contributed by atoms with E-state index in [4.69, 9.17) is 5.73 Å². The summed E-state index contributed by atoms with van der Waals surface area (Å²) in [5.74, 6) is -0.649. The highest BCUT2D eigenvalue weighted by molar-refractivity contribution is 6.23. The van der Waals surface area contributed by atoms with E-state index in [-0.39, 0.29) is 23.7 Å². The molecule has 0 saturated carbocycles. The molecule has 0 bridgehead atoms. The van der Waals surface area contributed by atoms with Gasteiger partial charge in [-0.15, -0.1) is 0 Å². The zero-order chi connectivity index (χ0) is 12.7. The molecule has 1 fully saturated rings. The number of imide groups is 1. The van der Waals surface area contributed by atoms with Crippen LogP contribution >= 0.6 is 0 Å². The summed E-state index contributed by atoms with van der Waals surface area (Å²) in [6.07, 6.45) is 5.26. The van der Waals surface area contributed by atoms with Gasteiger partial charge in [0.25, 0.3) is 0 Å². The fourth-order valence-electron chi connectivity index (χ4n) is 2.73. The minimum Gasteiger partial charge on any atom is -0.397 e. The number of fused-ring (bicyclic) bond motifs is 1. The van der Waals surface area contributed by atoms with E-state index in [9.17, 15) is 9.59 Å². The Labute approximate surface area is 105 Å². The van der Waals surface area contributed by atoms with Crippen molar-refractivity contribution in [3.63, 3.8) is 0 Å². The molecule has 1 aromatic carbocycles. The van der Waals surface area contributed by atoms with Crippen LogP contribution in [0.2, 0.25) is 0 Å². The minimum absolute atomic E-state index is 0.118. The second-order valence-corrected chi connectivity index (χ2v) is 4.73. The van der Waals surface area contributed by atoms with Crippen molar-refractivity contribution in [2.45, 2.75) is 12.8 Å². The lowest BCUT2D eigenvalue weighted by Gasteiger charge is -2.16. The molecule has 1 saturated heterocycles. The Balaban J connectivity index is 2.02. The van der Waals surface area contributed by atoms with Gasteiger partial charge in [-0.3, -0.25) is 9.59 Å². The van der Waals surface area contributed by atoms with Crippen LogP contribution in [0.1, 0.15) is 12.8 Å². The molecule has 0 spiro atoms. The minimum atomic E-state index is -0.206. The number of carbonyl (C=O) groups is 2. The van der Waals surface area contributed by atoms with Crippen LogP contribution in [0.15, 0.2) is 36.4 Å². The topological polar surface area (TPSA) is 63.4 Å². The molecule has 2 atom stereocenters. The van der Waals surface area contributed by atoms with Gasteiger partial charge in [-0.2, -0.15) is 0 Å². The third-order valence-corrected chi connectivity index (χ3v) is 3.69. The van der Waals surface area contributed by atoms with Gasteiger partial charge in [0.1, 0.15) is 0 Å². The Bertz CT molecular complexity index is 524. The van der Waals surface area contributed by atoms with Crippen molar-refractivity contribution in [3.05, 3.63) is 36.4 Å². The fourth-order valence-corrected chi connectivity index (χ4v) is 2.73. The molecule has 2 aliphatic rings. The zero-order valence-electron chi connectivity index (χ0n) is 9.87. The summed E-state index contributed by atoms with van der Waals surface area (Å²) in [5.41, 5.74) is 6.83. The molecule has 0 unspecified atom stereocenters. The zero-order valence-corrected chi connectivity index (χ0v) is 9.87. The average molecular weight is 242 g/mol. The molecule has 2 N–H and O–H groups in total. The van der Waals surface area contributed by atoms with Gasteiger partial charge in [-0.05, 0) is 25.0 Å². The van der Waals surface area contributed by atoms with Crippen molar-refractivity contribution in [3.8, 4) is 0 Å². The summed E-state index contributed by atoms with van der Waals surface area (Å²) < 4.78 is 0. The van der Waals surface area contributed by atoms with E-state index in [0.717, 1.165) is 0 Å². The van der Waals surface area contributed by atoms with Crippen molar-refractivity contribution < 1.29 is 9.59 Å². The van der Waals surface area contributed by atoms with Crippen LogP contribution in [0.25, 0.3) is 0 Å². The molecule has 1 heterocycles. The first kappa shape index (κ1) is 11.0. The van der Waals surface area contributed by atoms with E-state index in [0.29, 0.717) is 24.2 Å². The highest BCUT2D eigenvalue weighted by atomic mass is 16.2. The van der Waals surface area contributed by atoms with Gasteiger partial charge >= 0.3 is 0 Å². The molecular formula is C14H14N2O2. The van der Waals surface area contributed by atoms with Gasteiger partial charge in [0, 0.05) is 0 Å². The van der Waals surface area contributed by atoms with Crippen LogP contribution in [-0.4, -0.2) is 11.8 Å². The Morgan fingerprint density at radius 1 is 1.00 bits per heavy atom. The van der Waals surface area contributed by atoms with Crippen LogP contribution in [-0.2, 0) is 9.59 Å². The molecule has 92 valence electrons. The normalized spacial score (nSPS) is 26.6. The number of hydrogen-bond acceptors (Lipinski definition) is 3. The van der Waals surface area contributed by atoms with Crippen molar-refractivity contribution in [1.82, 2.24) is 0 Å². The largest absolute Gasteiger partial charge is 0.397 e. The Morgan fingerprint density at radius 2 is 1.56 bits per heavy atom. The molecular weight excluding hydrogens is 228 g/mol. The number of allylic oxidation sites excluding steroid dienone is 2. The van der Waals surface area contributed by atoms with Crippen molar-refractivity contribution >= 4 is 23.2 Å². The highest BCUT2D eigenvalue weighted by Gasteiger charge is 2.48. The second-order valence-electron chi connectivity index (χ2n) is 4.73. The number of nitrogens with zero attached hydrogens (tertiary/aromatic N) is 1. The quantitative estimate of drug-likeness (QED) is 0.463. The number of amides is 2. The number of anilines is 2. The molecule has 1 aliphatic heterocycles. The number of carbonyl (C=O) groups excluding carboxylic acids is 2. The maximum atomic E-state index is 12.3. The van der Waals surface area contributed by atoms with E-state index >= 15 is 0 Å². The van der Waals surface area contributed by atoms with E-state index in [1.165, 1.54) is 4.90 Å². The average Bonchev–Trinajstić information content (AvgIpc) is 2.64. The Hall–Kier alpha value is -2.10. The fraction of sp³-hybridized carbons (Fsp3) is 0.286. The second kappa shape index (κ2) is 3.98. The molecule has 4 heteroatoms. The predicted molar refractivity (Wildman–Crippen MR) is 68.7 cm³/mol. The van der Waals surface area contributed by atoms with E-state index in [1.54, 1.807) is 24.3 Å². The van der Waals surface area contributed by atoms with Crippen molar-refractivity contribution in [2.75, 3.05) is 10.6 Å². The van der Waals surface area contributed by atoms with Crippen LogP contribution in [0.3, 0.4) is 0 Å². The number of hydrogen-bond donors (Lipinski definition) is 1. The van der Waals surface area contributed by atoms with Crippen molar-refractivity contribution in [2.24, 2.45) is 11.8 Å². The number of nitrogen functional groups attached to an aromatic ring is 1. The van der Waals surface area contributed by atoms with E-state index < -0.39 is 0 Å². The van der Waals surface area contributed by atoms with Gasteiger partial charge in [-0.25, -0.2) is 4.90 Å². The lowest BCUT2D eigenvalue weighted by atomic mass is 9.85. The lowest BCUT2D eigenvalue weighted by molar-refractivity contribution is -0.122. The van der Waals surface area contributed by atoms with Gasteiger partial charge in [0.15, 0.2) is 0 Å². The molecule has 0 aromatic heterocycles. The summed E-state index contributed by atoms with van der Waals surface area (Å²) in [6.45, 7) is 0. The Morgan fingerprint density at radius 3 is 2.11 bits per heavy atom. The molecule has 1 aliphatic carbocycles. The summed E-state index contributed by atoms with van der Waals surface area (Å²) in [5, 5.41) is 0. The summed E-state index contributed by atoms with van der Waals surface area (Å²) in [6, 6.07) is 7.00. The van der Waals surface area contributed by atoms with Gasteiger partial charge in [0.05, 0.1) is 23.2 Å². The van der Waals surface area contributed by atoms with Gasteiger partial charge in [0.2, 0.25) is 11.8 Å². The number of nitrogens with two attached hydrogens (primary N) is 1. The van der Waals surface area contributed by atoms with Gasteiger partial charge < -0.3 is 5.73 Å². The maximum absolute atomic E-state index is 12.3. The van der Waals surface area contributed by atoms with Crippen molar-refractivity contribution in [1.29, 1.82) is 0 Å². The first-order valence-corrected chi connectivity index (χ1v) is 6.07. The maximum Gasteiger partial charge on any atom is 0.238 e. The highest BCUT2D eigenvalue weighted by Crippen LogP contribution is 2.39.